The molecule has 0 spiro atoms. The predicted molar refractivity (Wildman–Crippen MR) is 122 cm³/mol. The molecule has 2 aromatic carbocycles. The molecule has 0 radical (unpaired) electrons. The number of nitrogens with zero attached hydrogens (tertiary/aromatic N) is 2. The van der Waals surface area contributed by atoms with E-state index in [1.54, 1.807) is 11.8 Å². The molecule has 0 aliphatic carbocycles. The molecule has 4 rings (SSSR count). The molecule has 7 nitrogen and oxygen atoms in total. The van der Waals surface area contributed by atoms with Gasteiger partial charge in [0.05, 0.1) is 5.71 Å². The molecule has 8 heteroatoms. The van der Waals surface area contributed by atoms with Gasteiger partial charge in [-0.05, 0) is 35.6 Å². The summed E-state index contributed by atoms with van der Waals surface area (Å²) in [6, 6.07) is 14.9. The number of fused-ring (bicyclic) bond motifs is 1. The van der Waals surface area contributed by atoms with E-state index < -0.39 is 18.2 Å². The smallest absolute Gasteiger partial charge is 0.321 e. The van der Waals surface area contributed by atoms with Crippen LogP contribution < -0.4 is 5.32 Å². The van der Waals surface area contributed by atoms with Crippen molar-refractivity contribution in [2.75, 3.05) is 6.26 Å². The van der Waals surface area contributed by atoms with Gasteiger partial charge in [0.25, 0.3) is 0 Å². The number of amides is 1. The molecule has 1 aromatic heterocycles. The lowest BCUT2D eigenvalue weighted by molar-refractivity contribution is -0.141. The molecule has 2 heterocycles. The Labute approximate surface area is 184 Å². The number of aromatic amines is 1. The van der Waals surface area contributed by atoms with E-state index in [0.717, 1.165) is 32.6 Å². The van der Waals surface area contributed by atoms with Crippen LogP contribution in [-0.4, -0.2) is 51.2 Å². The fourth-order valence-corrected chi connectivity index (χ4v) is 4.27. The Balaban J connectivity index is 1.53. The number of carboxylic acid groups (broad SMARTS) is 1. The van der Waals surface area contributed by atoms with Crippen LogP contribution >= 0.6 is 11.8 Å². The Morgan fingerprint density at radius 1 is 1.26 bits per heavy atom. The van der Waals surface area contributed by atoms with Crippen molar-refractivity contribution in [3.63, 3.8) is 0 Å². The van der Waals surface area contributed by atoms with E-state index in [1.807, 2.05) is 61.0 Å². The Kier molecular flexibility index (Phi) is 6.11. The molecule has 0 fully saturated rings. The maximum absolute atomic E-state index is 12.2. The van der Waals surface area contributed by atoms with Gasteiger partial charge in [-0.3, -0.25) is 14.9 Å². The zero-order valence-electron chi connectivity index (χ0n) is 17.3. The highest BCUT2D eigenvalue weighted by Gasteiger charge is 2.33. The van der Waals surface area contributed by atoms with Crippen molar-refractivity contribution in [3.8, 4) is 0 Å². The largest absolute Gasteiger partial charge is 0.480 e. The van der Waals surface area contributed by atoms with E-state index in [9.17, 15) is 14.7 Å². The van der Waals surface area contributed by atoms with E-state index in [1.165, 1.54) is 11.9 Å². The Bertz CT molecular complexity index is 1140. The third-order valence-corrected chi connectivity index (χ3v) is 6.19. The number of rotatable bonds is 7. The predicted octanol–water partition coefficient (Wildman–Crippen LogP) is 3.46. The van der Waals surface area contributed by atoms with Crippen molar-refractivity contribution in [1.82, 2.24) is 15.3 Å². The van der Waals surface area contributed by atoms with Gasteiger partial charge in [0.15, 0.2) is 0 Å². The number of aliphatic carboxylic acids is 1. The van der Waals surface area contributed by atoms with Crippen LogP contribution in [-0.2, 0) is 16.0 Å². The number of hydrazone groups is 1. The summed E-state index contributed by atoms with van der Waals surface area (Å²) < 4.78 is 0. The van der Waals surface area contributed by atoms with Gasteiger partial charge in [-0.2, -0.15) is 5.10 Å². The molecule has 160 valence electrons. The number of hydrogen-bond acceptors (Lipinski definition) is 5. The fraction of sp³-hybridized carbons (Fsp3) is 0.261. The first-order valence-electron chi connectivity index (χ1n) is 10.0. The lowest BCUT2D eigenvalue weighted by Gasteiger charge is -2.25. The van der Waals surface area contributed by atoms with Crippen LogP contribution in [0, 0.1) is 0 Å². The van der Waals surface area contributed by atoms with Gasteiger partial charge in [-0.1, -0.05) is 30.3 Å². The van der Waals surface area contributed by atoms with Crippen LogP contribution in [0.2, 0.25) is 0 Å². The minimum Gasteiger partial charge on any atom is -0.480 e. The molecule has 0 bridgehead atoms. The second-order valence-corrected chi connectivity index (χ2v) is 8.36. The summed E-state index contributed by atoms with van der Waals surface area (Å²) in [7, 11) is 0. The van der Waals surface area contributed by atoms with E-state index in [4.69, 9.17) is 0 Å². The Hall–Kier alpha value is -3.10. The molecular formula is C23H24N4O3S. The number of thioether (sulfide) groups is 1. The summed E-state index contributed by atoms with van der Waals surface area (Å²) in [6.07, 6.45) is 4.07. The highest BCUT2D eigenvalue weighted by atomic mass is 32.2. The Morgan fingerprint density at radius 3 is 2.68 bits per heavy atom. The lowest BCUT2D eigenvalue weighted by atomic mass is 10.0. The van der Waals surface area contributed by atoms with Crippen molar-refractivity contribution in [2.24, 2.45) is 5.10 Å². The van der Waals surface area contributed by atoms with Crippen LogP contribution in [0.3, 0.4) is 0 Å². The standard InChI is InChI=1S/C23H24N4O3S/c1-14(28)27-22(12-20(26-27)15-7-9-17(31-2)10-8-15)25-21(23(29)30)11-16-13-24-19-6-4-3-5-18(16)19/h3-10,13,21-22,24-25H,11-12H2,1-2H3,(H,29,30). The first-order chi connectivity index (χ1) is 15.0. The summed E-state index contributed by atoms with van der Waals surface area (Å²) in [4.78, 5) is 28.6. The maximum atomic E-state index is 12.2. The molecular weight excluding hydrogens is 412 g/mol. The average molecular weight is 437 g/mol. The van der Waals surface area contributed by atoms with Crippen molar-refractivity contribution in [3.05, 3.63) is 65.9 Å². The summed E-state index contributed by atoms with van der Waals surface area (Å²) >= 11 is 1.66. The van der Waals surface area contributed by atoms with Crippen LogP contribution in [0.25, 0.3) is 10.9 Å². The second-order valence-electron chi connectivity index (χ2n) is 7.48. The van der Waals surface area contributed by atoms with Crippen LogP contribution in [0.15, 0.2) is 64.7 Å². The minimum atomic E-state index is -0.966. The van der Waals surface area contributed by atoms with E-state index in [-0.39, 0.29) is 5.91 Å². The minimum absolute atomic E-state index is 0.232. The molecule has 3 N–H and O–H groups in total. The zero-order chi connectivity index (χ0) is 22.0. The van der Waals surface area contributed by atoms with E-state index in [2.05, 4.69) is 15.4 Å². The molecule has 1 amide bonds. The lowest BCUT2D eigenvalue weighted by Crippen LogP contribution is -2.51. The van der Waals surface area contributed by atoms with Gasteiger partial charge in [-0.25, -0.2) is 5.01 Å². The number of nitrogens with one attached hydrogen (secondary N) is 2. The summed E-state index contributed by atoms with van der Waals surface area (Å²) in [5.74, 6) is -1.20. The molecule has 0 saturated heterocycles. The number of carboxylic acids is 1. The molecule has 1 aliphatic rings. The molecule has 0 saturated carbocycles. The maximum Gasteiger partial charge on any atom is 0.321 e. The highest BCUT2D eigenvalue weighted by molar-refractivity contribution is 7.98. The molecule has 2 atom stereocenters. The first-order valence-corrected chi connectivity index (χ1v) is 11.2. The fourth-order valence-electron chi connectivity index (χ4n) is 3.86. The zero-order valence-corrected chi connectivity index (χ0v) is 18.1. The van der Waals surface area contributed by atoms with Crippen molar-refractivity contribution < 1.29 is 14.7 Å². The van der Waals surface area contributed by atoms with Gasteiger partial charge in [0, 0.05) is 41.8 Å². The topological polar surface area (TPSA) is 97.8 Å². The number of carbonyl (C=O) groups excluding carboxylic acids is 1. The van der Waals surface area contributed by atoms with Gasteiger partial charge >= 0.3 is 5.97 Å². The number of carbonyl (C=O) groups is 2. The number of para-hydroxylation sites is 1. The third kappa shape index (κ3) is 4.50. The number of H-pyrrole nitrogens is 1. The second kappa shape index (κ2) is 8.95. The van der Waals surface area contributed by atoms with Gasteiger partial charge in [0.2, 0.25) is 5.91 Å². The average Bonchev–Trinajstić information content (AvgIpc) is 3.38. The number of hydrogen-bond donors (Lipinski definition) is 3. The van der Waals surface area contributed by atoms with Crippen molar-refractivity contribution in [1.29, 1.82) is 0 Å². The summed E-state index contributed by atoms with van der Waals surface area (Å²) in [6.45, 7) is 1.44. The third-order valence-electron chi connectivity index (χ3n) is 5.45. The van der Waals surface area contributed by atoms with Crippen molar-refractivity contribution >= 4 is 40.3 Å². The van der Waals surface area contributed by atoms with Crippen molar-refractivity contribution in [2.45, 2.75) is 36.9 Å². The monoisotopic (exact) mass is 436 g/mol. The van der Waals surface area contributed by atoms with Crippen LogP contribution in [0.5, 0.6) is 0 Å². The van der Waals surface area contributed by atoms with Gasteiger partial charge in [0.1, 0.15) is 12.2 Å². The molecule has 3 aromatic rings. The number of aromatic nitrogens is 1. The SMILES string of the molecule is CSc1ccc(C2=NN(C(C)=O)C(NC(Cc3c[nH]c4ccccc34)C(=O)O)C2)cc1. The quantitative estimate of drug-likeness (QED) is 0.493. The van der Waals surface area contributed by atoms with E-state index >= 15 is 0 Å². The summed E-state index contributed by atoms with van der Waals surface area (Å²) in [5.41, 5.74) is 3.57. The Morgan fingerprint density at radius 2 is 2.00 bits per heavy atom. The summed E-state index contributed by atoms with van der Waals surface area (Å²) in [5, 5.41) is 19.8. The highest BCUT2D eigenvalue weighted by Crippen LogP contribution is 2.23. The molecule has 31 heavy (non-hydrogen) atoms. The molecule has 1 aliphatic heterocycles. The van der Waals surface area contributed by atoms with Gasteiger partial charge in [-0.15, -0.1) is 11.8 Å². The molecule has 2 unspecified atom stereocenters. The van der Waals surface area contributed by atoms with Crippen LogP contribution in [0.1, 0.15) is 24.5 Å². The van der Waals surface area contributed by atoms with E-state index in [0.29, 0.717) is 12.8 Å². The van der Waals surface area contributed by atoms with Gasteiger partial charge < -0.3 is 10.1 Å². The first kappa shape index (κ1) is 21.1. The number of benzene rings is 2. The normalized spacial score (nSPS) is 17.0. The van der Waals surface area contributed by atoms with Crippen LogP contribution in [0.4, 0.5) is 0 Å².